The van der Waals surface area contributed by atoms with E-state index in [1.54, 1.807) is 122 Å². The molecular formula is C91H90ClF4N11O2S5. The van der Waals surface area contributed by atoms with Crippen LogP contribution in [0.1, 0.15) is 37.2 Å². The van der Waals surface area contributed by atoms with E-state index in [1.807, 2.05) is 160 Å². The van der Waals surface area contributed by atoms with Crippen molar-refractivity contribution in [3.63, 3.8) is 0 Å². The SMILES string of the molecule is C.C=C.CC.CN=C(N)c1ccc(SC)cc1.CSc1ccc(-c2nc(-c3ccc(F)cc3)c(-c3ccncc3)n2C)cc1.CSc1ccc(-c2nc(-c3ccc(F)cc3)cn2C)cc1.Cn1c(-c2ccc(S(C)=O)cc2)nc(-c2ccc(F)cc2)c1-c1ccncc1.O=C(CCl)c1ccc(F)cc1.[C-]#[N+]c1ccc(SC)cc1. The standard InChI is InChI=1S/C22H18FN3OS.C22H18FN3S.C17H15FN2S.C9H12N2S.C8H6ClFO.C8H7NS.C2H6.C2H4.CH4/c1-26-21(16-11-13-24-14-12-16)20(15-3-7-18(23)8-4-15)25-22(26)17-5-9-19(10-6-17)28(2)27;1-26-21(16-11-13-24-14-12-16)20(15-3-7-18(23)8-4-15)25-22(26)17-5-9-19(27-2)10-6-17;1-20-11-16(12-3-7-14(18)8-4-12)19-17(20)13-5-9-15(21-2)10-6-13;1-11-9(10)7-3-5-8(12-2)6-4-7;9-5-8(11)6-1-3-7(10)4-2-6;1-9-7-3-5-8(10-2)6-4-7;2*1-2;/h3-14H,1-2H3;3-14H,1-2H3;3-11H,1-2H3;3-6H,1-2H3,(H2,10,11);1-4H,5H2;3-6H,2H3;1-2H3;1-2H2;1H4. The Bertz CT molecular complexity index is 5370. The largest absolute Gasteiger partial charge is 0.384 e. The smallest absolute Gasteiger partial charge is 0.187 e. The fourth-order valence-corrected chi connectivity index (χ4v) is 13.1. The number of aromatic nitrogens is 8. The molecule has 586 valence electrons. The van der Waals surface area contributed by atoms with Crippen molar-refractivity contribution in [2.24, 2.45) is 31.9 Å². The van der Waals surface area contributed by atoms with E-state index in [-0.39, 0.29) is 42.4 Å². The van der Waals surface area contributed by atoms with E-state index in [2.05, 4.69) is 104 Å². The van der Waals surface area contributed by atoms with Crippen LogP contribution in [0, 0.1) is 29.8 Å². The van der Waals surface area contributed by atoms with Gasteiger partial charge in [0.1, 0.15) is 46.6 Å². The van der Waals surface area contributed by atoms with E-state index in [0.29, 0.717) is 17.1 Å². The summed E-state index contributed by atoms with van der Waals surface area (Å²) in [4.78, 5) is 46.4. The Labute approximate surface area is 691 Å². The van der Waals surface area contributed by atoms with Gasteiger partial charge >= 0.3 is 0 Å². The lowest BCUT2D eigenvalue weighted by Gasteiger charge is -2.08. The molecule has 0 amide bonds. The van der Waals surface area contributed by atoms with Gasteiger partial charge in [-0.25, -0.2) is 37.4 Å². The Kier molecular flexibility index (Phi) is 38.1. The number of nitrogens with zero attached hydrogens (tertiary/aromatic N) is 10. The number of rotatable bonds is 16. The highest BCUT2D eigenvalue weighted by Crippen LogP contribution is 2.38. The van der Waals surface area contributed by atoms with Crippen LogP contribution >= 0.6 is 58.6 Å². The summed E-state index contributed by atoms with van der Waals surface area (Å²) in [6.45, 7) is 16.7. The lowest BCUT2D eigenvalue weighted by Crippen LogP contribution is -2.12. The monoisotopic (exact) mass is 1640 g/mol. The van der Waals surface area contributed by atoms with Crippen LogP contribution in [0.25, 0.3) is 95.3 Å². The molecule has 0 aliphatic rings. The molecule has 14 aromatic rings. The lowest BCUT2D eigenvalue weighted by molar-refractivity contribution is 0.102. The van der Waals surface area contributed by atoms with E-state index in [9.17, 15) is 26.6 Å². The second kappa shape index (κ2) is 47.4. The summed E-state index contributed by atoms with van der Waals surface area (Å²) in [6, 6.07) is 72.1. The molecule has 14 rings (SSSR count). The molecule has 5 aromatic heterocycles. The van der Waals surface area contributed by atoms with Crippen molar-refractivity contribution in [1.29, 1.82) is 0 Å². The Morgan fingerprint density at radius 3 is 1.13 bits per heavy atom. The third-order valence-electron chi connectivity index (χ3n) is 16.6. The fourth-order valence-electron chi connectivity index (χ4n) is 10.8. The summed E-state index contributed by atoms with van der Waals surface area (Å²) < 4.78 is 69.9. The third-order valence-corrected chi connectivity index (χ3v) is 20.8. The van der Waals surface area contributed by atoms with Crippen LogP contribution in [0.5, 0.6) is 0 Å². The topological polar surface area (TPSA) is 156 Å². The highest BCUT2D eigenvalue weighted by Gasteiger charge is 2.22. The predicted molar refractivity (Wildman–Crippen MR) is 475 cm³/mol. The van der Waals surface area contributed by atoms with Gasteiger partial charge in [-0.15, -0.1) is 71.8 Å². The minimum Gasteiger partial charge on any atom is -0.384 e. The zero-order valence-corrected chi connectivity index (χ0v) is 69.2. The molecule has 0 aliphatic heterocycles. The molecule has 0 saturated carbocycles. The second-order valence-corrected chi connectivity index (χ2v) is 28.7. The first-order valence-electron chi connectivity index (χ1n) is 35.0. The number of aliphatic imine (C=N–C) groups is 1. The van der Waals surface area contributed by atoms with Crippen molar-refractivity contribution in [2.45, 2.75) is 45.8 Å². The zero-order chi connectivity index (χ0) is 81.9. The number of ketones is 1. The molecule has 0 bridgehead atoms. The Balaban J connectivity index is 0.000000219. The van der Waals surface area contributed by atoms with Crippen molar-refractivity contribution in [2.75, 3.05) is 44.2 Å². The predicted octanol–water partition coefficient (Wildman–Crippen LogP) is 24.4. The number of amidine groups is 1. The minimum atomic E-state index is -1.03. The maximum absolute atomic E-state index is 13.4. The highest BCUT2D eigenvalue weighted by molar-refractivity contribution is 7.99. The molecule has 0 radical (unpaired) electrons. The Morgan fingerprint density at radius 2 is 0.789 bits per heavy atom. The fraction of sp³-hybridized carbons (Fsp3) is 0.143. The Hall–Kier alpha value is -11.2. The first kappa shape index (κ1) is 91.7. The van der Waals surface area contributed by atoms with Crippen LogP contribution < -0.4 is 5.73 Å². The van der Waals surface area contributed by atoms with Crippen molar-refractivity contribution < 1.29 is 26.6 Å². The molecule has 1 atom stereocenters. The minimum absolute atomic E-state index is 0. The third kappa shape index (κ3) is 25.9. The molecule has 2 N–H and O–H groups in total. The summed E-state index contributed by atoms with van der Waals surface area (Å²) in [5.41, 5.74) is 19.8. The summed E-state index contributed by atoms with van der Waals surface area (Å²) in [7, 11) is 6.60. The van der Waals surface area contributed by atoms with Gasteiger partial charge in [0.15, 0.2) is 11.5 Å². The number of imidazole rings is 3. The molecule has 0 fully saturated rings. The molecule has 1 unspecified atom stereocenters. The molecule has 9 aromatic carbocycles. The molecule has 0 spiro atoms. The summed E-state index contributed by atoms with van der Waals surface area (Å²) >= 11 is 12.1. The van der Waals surface area contributed by atoms with Crippen LogP contribution in [0.15, 0.2) is 316 Å². The average molecular weight is 1640 g/mol. The Morgan fingerprint density at radius 1 is 0.474 bits per heavy atom. The van der Waals surface area contributed by atoms with Gasteiger partial charge in [-0.2, -0.15) is 0 Å². The van der Waals surface area contributed by atoms with E-state index in [0.717, 1.165) is 101 Å². The lowest BCUT2D eigenvalue weighted by atomic mass is 10.1. The van der Waals surface area contributed by atoms with E-state index in [1.165, 1.54) is 80.2 Å². The van der Waals surface area contributed by atoms with Gasteiger partial charge in [0, 0.05) is 156 Å². The summed E-state index contributed by atoms with van der Waals surface area (Å²) in [5, 5.41) is 0. The number of alkyl halides is 1. The number of benzene rings is 9. The molecule has 0 saturated heterocycles. The molecule has 5 heterocycles. The van der Waals surface area contributed by atoms with Gasteiger partial charge in [-0.05, 0) is 195 Å². The second-order valence-electron chi connectivity index (χ2n) is 23.6. The average Bonchev–Trinajstić information content (AvgIpc) is 1.63. The van der Waals surface area contributed by atoms with E-state index in [4.69, 9.17) is 33.9 Å². The van der Waals surface area contributed by atoms with Crippen molar-refractivity contribution in [1.82, 2.24) is 38.6 Å². The normalized spacial score (nSPS) is 10.6. The van der Waals surface area contributed by atoms with Gasteiger partial charge in [0.25, 0.3) is 0 Å². The van der Waals surface area contributed by atoms with Crippen LogP contribution in [0.3, 0.4) is 0 Å². The molecule has 114 heavy (non-hydrogen) atoms. The summed E-state index contributed by atoms with van der Waals surface area (Å²) in [5.74, 6) is 1.76. The van der Waals surface area contributed by atoms with E-state index >= 15 is 0 Å². The maximum atomic E-state index is 13.4. The molecular weight excluding hydrogens is 1550 g/mol. The van der Waals surface area contributed by atoms with Crippen LogP contribution in [0.4, 0.5) is 23.2 Å². The first-order valence-corrected chi connectivity index (χ1v) is 42.0. The number of aryl methyl sites for hydroxylation is 1. The first-order chi connectivity index (χ1) is 54.8. The number of pyridine rings is 2. The molecule has 0 aliphatic carbocycles. The molecule has 13 nitrogen and oxygen atoms in total. The number of hydrogen-bond acceptors (Lipinski definition) is 12. The van der Waals surface area contributed by atoms with Gasteiger partial charge in [-0.1, -0.05) is 94.1 Å². The van der Waals surface area contributed by atoms with Gasteiger partial charge in [0.2, 0.25) is 0 Å². The van der Waals surface area contributed by atoms with Gasteiger partial charge < -0.3 is 19.4 Å². The van der Waals surface area contributed by atoms with E-state index < -0.39 is 10.8 Å². The molecule has 23 heteroatoms. The van der Waals surface area contributed by atoms with Crippen LogP contribution in [0.2, 0.25) is 0 Å². The number of hydrogen-bond donors (Lipinski definition) is 1. The highest BCUT2D eigenvalue weighted by atomic mass is 35.5. The quantitative estimate of drug-likeness (QED) is 0.0143. The van der Waals surface area contributed by atoms with Crippen LogP contribution in [-0.4, -0.2) is 98.7 Å². The number of halogens is 5. The number of carbonyl (C=O) groups is 1. The number of Topliss-reactive ketones (excluding diaryl/α,β-unsaturated/α-hetero) is 1. The van der Waals surface area contributed by atoms with Crippen molar-refractivity contribution in [3.05, 3.63) is 333 Å². The van der Waals surface area contributed by atoms with Gasteiger partial charge in [-0.3, -0.25) is 24.0 Å². The number of carbonyl (C=O) groups excluding carboxylic acids is 1. The van der Waals surface area contributed by atoms with Crippen LogP contribution in [-0.2, 0) is 31.9 Å². The maximum Gasteiger partial charge on any atom is 0.187 e. The summed E-state index contributed by atoms with van der Waals surface area (Å²) in [6.07, 6.45) is 18.8. The number of thioether (sulfide) groups is 4. The van der Waals surface area contributed by atoms with Gasteiger partial charge in [0.05, 0.1) is 40.9 Å². The van der Waals surface area contributed by atoms with Crippen molar-refractivity contribution >= 4 is 86.8 Å². The number of nitrogens with two attached hydrogens (primary N) is 1. The zero-order valence-electron chi connectivity index (χ0n) is 64.4. The van der Waals surface area contributed by atoms with Crippen molar-refractivity contribution in [3.8, 4) is 90.5 Å².